The quantitative estimate of drug-likeness (QED) is 0.758. The number of benzene rings is 1. The monoisotopic (exact) mass is 302 g/mol. The molecule has 21 heavy (non-hydrogen) atoms. The first-order valence-electron chi connectivity index (χ1n) is 6.51. The summed E-state index contributed by atoms with van der Waals surface area (Å²) < 4.78 is 37.2. The molecule has 1 unspecified atom stereocenters. The van der Waals surface area contributed by atoms with Gasteiger partial charge in [-0.2, -0.15) is 0 Å². The lowest BCUT2D eigenvalue weighted by atomic mass is 10.2. The molecule has 0 aliphatic rings. The van der Waals surface area contributed by atoms with E-state index >= 15 is 0 Å². The van der Waals surface area contributed by atoms with Gasteiger partial charge in [-0.05, 0) is 31.7 Å². The second-order valence-corrected chi connectivity index (χ2v) is 4.63. The fraction of sp³-hybridized carbons (Fsp3) is 0.500. The zero-order chi connectivity index (χ0) is 15.8. The fourth-order valence-electron chi connectivity index (χ4n) is 1.80. The summed E-state index contributed by atoms with van der Waals surface area (Å²) in [6.07, 6.45) is 0. The van der Waals surface area contributed by atoms with Gasteiger partial charge in [-0.3, -0.25) is 4.79 Å². The minimum Gasteiger partial charge on any atom is -0.478 e. The smallest absolute Gasteiger partial charge is 0.258 e. The van der Waals surface area contributed by atoms with Crippen LogP contribution in [0.1, 0.15) is 12.5 Å². The SMILES string of the molecule is CNCc1cc(F)c(OCC(=O)NC(C)COC)c(F)c1. The number of nitrogens with one attached hydrogen (secondary N) is 2. The number of amides is 1. The van der Waals surface area contributed by atoms with Gasteiger partial charge in [-0.25, -0.2) is 8.78 Å². The molecule has 1 rings (SSSR count). The number of carbonyl (C=O) groups is 1. The maximum Gasteiger partial charge on any atom is 0.258 e. The Morgan fingerprint density at radius 3 is 2.48 bits per heavy atom. The van der Waals surface area contributed by atoms with Gasteiger partial charge in [0.15, 0.2) is 24.0 Å². The van der Waals surface area contributed by atoms with Crippen molar-refractivity contribution in [2.24, 2.45) is 0 Å². The van der Waals surface area contributed by atoms with E-state index in [2.05, 4.69) is 10.6 Å². The molecule has 0 radical (unpaired) electrons. The Hall–Kier alpha value is -1.73. The predicted octanol–water partition coefficient (Wildman–Crippen LogP) is 1.21. The lowest BCUT2D eigenvalue weighted by Gasteiger charge is -2.14. The van der Waals surface area contributed by atoms with E-state index in [0.29, 0.717) is 18.7 Å². The zero-order valence-corrected chi connectivity index (χ0v) is 12.3. The highest BCUT2D eigenvalue weighted by molar-refractivity contribution is 5.77. The summed E-state index contributed by atoms with van der Waals surface area (Å²) in [5.41, 5.74) is 0.456. The maximum absolute atomic E-state index is 13.7. The van der Waals surface area contributed by atoms with Crippen LogP contribution in [0.25, 0.3) is 0 Å². The Morgan fingerprint density at radius 1 is 1.33 bits per heavy atom. The van der Waals surface area contributed by atoms with Crippen LogP contribution in [0.15, 0.2) is 12.1 Å². The number of methoxy groups -OCH3 is 1. The number of ether oxygens (including phenoxy) is 2. The highest BCUT2D eigenvalue weighted by atomic mass is 19.1. The lowest BCUT2D eigenvalue weighted by molar-refractivity contribution is -0.124. The molecule has 2 N–H and O–H groups in total. The van der Waals surface area contributed by atoms with Gasteiger partial charge in [-0.1, -0.05) is 0 Å². The van der Waals surface area contributed by atoms with E-state index in [4.69, 9.17) is 9.47 Å². The van der Waals surface area contributed by atoms with Crippen molar-refractivity contribution >= 4 is 5.91 Å². The van der Waals surface area contributed by atoms with Crippen molar-refractivity contribution in [3.05, 3.63) is 29.3 Å². The predicted molar refractivity (Wildman–Crippen MR) is 74.1 cm³/mol. The van der Waals surface area contributed by atoms with Crippen LogP contribution in [0.5, 0.6) is 5.75 Å². The highest BCUT2D eigenvalue weighted by Crippen LogP contribution is 2.23. The van der Waals surface area contributed by atoms with E-state index < -0.39 is 29.9 Å². The molecule has 0 saturated carbocycles. The number of hydrogen-bond donors (Lipinski definition) is 2. The van der Waals surface area contributed by atoms with Crippen LogP contribution in [0.3, 0.4) is 0 Å². The maximum atomic E-state index is 13.7. The van der Waals surface area contributed by atoms with Crippen LogP contribution in [0.2, 0.25) is 0 Å². The van der Waals surface area contributed by atoms with Gasteiger partial charge >= 0.3 is 0 Å². The first-order valence-corrected chi connectivity index (χ1v) is 6.51. The summed E-state index contributed by atoms with van der Waals surface area (Å²) in [6, 6.07) is 2.12. The van der Waals surface area contributed by atoms with Crippen LogP contribution in [-0.4, -0.2) is 39.3 Å². The van der Waals surface area contributed by atoms with Gasteiger partial charge in [0.05, 0.1) is 6.61 Å². The van der Waals surface area contributed by atoms with Crippen LogP contribution >= 0.6 is 0 Å². The molecule has 0 heterocycles. The van der Waals surface area contributed by atoms with Crippen molar-refractivity contribution < 1.29 is 23.0 Å². The van der Waals surface area contributed by atoms with E-state index in [-0.39, 0.29) is 6.04 Å². The van der Waals surface area contributed by atoms with Crippen molar-refractivity contribution in [2.45, 2.75) is 19.5 Å². The molecule has 1 aromatic rings. The van der Waals surface area contributed by atoms with E-state index in [0.717, 1.165) is 0 Å². The van der Waals surface area contributed by atoms with Gasteiger partial charge in [0.25, 0.3) is 5.91 Å². The summed E-state index contributed by atoms with van der Waals surface area (Å²) in [7, 11) is 3.18. The largest absolute Gasteiger partial charge is 0.478 e. The minimum atomic E-state index is -0.835. The summed E-state index contributed by atoms with van der Waals surface area (Å²) in [5, 5.41) is 5.37. The Labute approximate surface area is 122 Å². The van der Waals surface area contributed by atoms with Crippen LogP contribution in [0.4, 0.5) is 8.78 Å². The average Bonchev–Trinajstić information content (AvgIpc) is 2.38. The normalized spacial score (nSPS) is 12.0. The van der Waals surface area contributed by atoms with Crippen molar-refractivity contribution in [1.82, 2.24) is 10.6 Å². The van der Waals surface area contributed by atoms with Gasteiger partial charge < -0.3 is 20.1 Å². The van der Waals surface area contributed by atoms with Crippen molar-refractivity contribution in [3.8, 4) is 5.75 Å². The van der Waals surface area contributed by atoms with Gasteiger partial charge in [0, 0.05) is 19.7 Å². The molecule has 0 saturated heterocycles. The first kappa shape index (κ1) is 17.3. The Balaban J connectivity index is 2.61. The Bertz CT molecular complexity index is 460. The number of halogens is 2. The lowest BCUT2D eigenvalue weighted by Crippen LogP contribution is -2.38. The molecule has 1 amide bonds. The fourth-order valence-corrected chi connectivity index (χ4v) is 1.80. The molecule has 118 valence electrons. The molecule has 1 atom stereocenters. The molecule has 1 aromatic carbocycles. The summed E-state index contributed by atoms with van der Waals surface area (Å²) in [4.78, 5) is 11.5. The third kappa shape index (κ3) is 5.65. The summed E-state index contributed by atoms with van der Waals surface area (Å²) >= 11 is 0. The molecular weight excluding hydrogens is 282 g/mol. The average molecular weight is 302 g/mol. The van der Waals surface area contributed by atoms with Gasteiger partial charge in [-0.15, -0.1) is 0 Å². The van der Waals surface area contributed by atoms with E-state index in [1.54, 1.807) is 14.0 Å². The first-order chi connectivity index (χ1) is 9.97. The molecule has 0 bridgehead atoms. The van der Waals surface area contributed by atoms with Gasteiger partial charge in [0.1, 0.15) is 0 Å². The minimum absolute atomic E-state index is 0.209. The van der Waals surface area contributed by atoms with Gasteiger partial charge in [0.2, 0.25) is 0 Å². The van der Waals surface area contributed by atoms with E-state index in [9.17, 15) is 13.6 Å². The van der Waals surface area contributed by atoms with Crippen molar-refractivity contribution in [3.63, 3.8) is 0 Å². The number of rotatable bonds is 8. The number of carbonyl (C=O) groups excluding carboxylic acids is 1. The molecule has 0 aliphatic carbocycles. The van der Waals surface area contributed by atoms with E-state index in [1.165, 1.54) is 19.2 Å². The molecule has 7 heteroatoms. The van der Waals surface area contributed by atoms with Crippen LogP contribution in [-0.2, 0) is 16.1 Å². The third-order valence-corrected chi connectivity index (χ3v) is 2.61. The standard InChI is InChI=1S/C14H20F2N2O3/c1-9(7-20-3)18-13(19)8-21-14-11(15)4-10(6-17-2)5-12(14)16/h4-5,9,17H,6-8H2,1-3H3,(H,18,19). The van der Waals surface area contributed by atoms with Crippen molar-refractivity contribution in [1.29, 1.82) is 0 Å². The molecule has 0 spiro atoms. The third-order valence-electron chi connectivity index (χ3n) is 2.61. The van der Waals surface area contributed by atoms with Crippen LogP contribution < -0.4 is 15.4 Å². The highest BCUT2D eigenvalue weighted by Gasteiger charge is 2.15. The Morgan fingerprint density at radius 2 is 1.95 bits per heavy atom. The van der Waals surface area contributed by atoms with Crippen molar-refractivity contribution in [2.75, 3.05) is 27.4 Å². The molecule has 0 aromatic heterocycles. The van der Waals surface area contributed by atoms with E-state index in [1.807, 2.05) is 0 Å². The topological polar surface area (TPSA) is 59.6 Å². The second-order valence-electron chi connectivity index (χ2n) is 4.63. The summed E-state index contributed by atoms with van der Waals surface area (Å²) in [6.45, 7) is 1.96. The van der Waals surface area contributed by atoms with Crippen LogP contribution in [0, 0.1) is 11.6 Å². The second kappa shape index (κ2) is 8.53. The Kier molecular flexibility index (Phi) is 7.04. The molecule has 0 aliphatic heterocycles. The zero-order valence-electron chi connectivity index (χ0n) is 12.3. The molecule has 0 fully saturated rings. The molecule has 5 nitrogen and oxygen atoms in total. The summed E-state index contributed by atoms with van der Waals surface area (Å²) in [5.74, 6) is -2.70. The molecular formula is C14H20F2N2O3. The number of hydrogen-bond acceptors (Lipinski definition) is 4.